The Hall–Kier alpha value is -2.22. The zero-order chi connectivity index (χ0) is 12.6. The molecule has 1 aliphatic rings. The van der Waals surface area contributed by atoms with Gasteiger partial charge < -0.3 is 14.7 Å². The van der Waals surface area contributed by atoms with E-state index in [1.165, 1.54) is 0 Å². The molecule has 2 atom stereocenters. The van der Waals surface area contributed by atoms with Crippen LogP contribution in [0.4, 0.5) is 5.69 Å². The van der Waals surface area contributed by atoms with Crippen molar-refractivity contribution < 1.29 is 14.6 Å². The summed E-state index contributed by atoms with van der Waals surface area (Å²) in [5, 5.41) is 17.9. The number of carboxylic acid groups (broad SMARTS) is 1. The van der Waals surface area contributed by atoms with Crippen LogP contribution in [0.3, 0.4) is 0 Å². The molecule has 1 N–H and O–H groups in total. The van der Waals surface area contributed by atoms with Gasteiger partial charge in [0.15, 0.2) is 0 Å². The average molecular weight is 232 g/mol. The molecule has 5 heteroatoms. The maximum absolute atomic E-state index is 11.0. The van der Waals surface area contributed by atoms with Gasteiger partial charge in [-0.25, -0.2) is 4.79 Å². The average Bonchev–Trinajstić information content (AvgIpc) is 2.33. The minimum Gasteiger partial charge on any atom is -0.478 e. The van der Waals surface area contributed by atoms with E-state index < -0.39 is 12.1 Å². The normalized spacial score (nSPS) is 22.3. The summed E-state index contributed by atoms with van der Waals surface area (Å²) in [6, 6.07) is 6.71. The van der Waals surface area contributed by atoms with E-state index in [1.54, 1.807) is 32.2 Å². The lowest BCUT2D eigenvalue weighted by Gasteiger charge is -2.37. The summed E-state index contributed by atoms with van der Waals surface area (Å²) in [6.45, 7) is 1.78. The van der Waals surface area contributed by atoms with Crippen molar-refractivity contribution in [3.8, 4) is 11.8 Å². The fourth-order valence-electron chi connectivity index (χ4n) is 1.88. The van der Waals surface area contributed by atoms with E-state index in [-0.39, 0.29) is 6.04 Å². The molecule has 1 heterocycles. The number of ether oxygens (including phenoxy) is 1. The van der Waals surface area contributed by atoms with Crippen molar-refractivity contribution in [2.45, 2.75) is 19.1 Å². The second kappa shape index (κ2) is 3.98. The second-order valence-electron chi connectivity index (χ2n) is 4.02. The first kappa shape index (κ1) is 11.3. The van der Waals surface area contributed by atoms with Gasteiger partial charge in [0.2, 0.25) is 6.10 Å². The highest BCUT2D eigenvalue weighted by Gasteiger charge is 2.35. The lowest BCUT2D eigenvalue weighted by atomic mass is 10.1. The molecule has 2 rings (SSSR count). The van der Waals surface area contributed by atoms with Gasteiger partial charge in [0.1, 0.15) is 5.75 Å². The number of hydrogen-bond acceptors (Lipinski definition) is 4. The van der Waals surface area contributed by atoms with Gasteiger partial charge in [-0.05, 0) is 25.1 Å². The van der Waals surface area contributed by atoms with Gasteiger partial charge >= 0.3 is 5.97 Å². The van der Waals surface area contributed by atoms with Gasteiger partial charge in [-0.15, -0.1) is 0 Å². The molecule has 17 heavy (non-hydrogen) atoms. The minimum absolute atomic E-state index is 0.283. The van der Waals surface area contributed by atoms with E-state index in [1.807, 2.05) is 11.0 Å². The van der Waals surface area contributed by atoms with Crippen LogP contribution in [-0.4, -0.2) is 30.3 Å². The molecule has 0 spiro atoms. The highest BCUT2D eigenvalue weighted by atomic mass is 16.5. The van der Waals surface area contributed by atoms with Gasteiger partial charge in [-0.3, -0.25) is 0 Å². The molecule has 1 aliphatic heterocycles. The van der Waals surface area contributed by atoms with Gasteiger partial charge in [-0.2, -0.15) is 5.26 Å². The highest BCUT2D eigenvalue weighted by Crippen LogP contribution is 2.35. The van der Waals surface area contributed by atoms with Crippen molar-refractivity contribution in [2.75, 3.05) is 11.9 Å². The first-order valence-corrected chi connectivity index (χ1v) is 5.21. The third-order valence-corrected chi connectivity index (χ3v) is 3.01. The number of rotatable bonds is 1. The molecular weight excluding hydrogens is 220 g/mol. The number of aliphatic carboxylic acids is 1. The molecule has 1 aromatic rings. The number of carbonyl (C=O) groups is 1. The number of carboxylic acids is 1. The summed E-state index contributed by atoms with van der Waals surface area (Å²) in [6.07, 6.45) is -0.888. The number of benzene rings is 1. The molecular formula is C12H12N2O3. The Labute approximate surface area is 98.8 Å². The monoisotopic (exact) mass is 232 g/mol. The lowest BCUT2D eigenvalue weighted by Crippen LogP contribution is -2.50. The maximum atomic E-state index is 11.0. The third-order valence-electron chi connectivity index (χ3n) is 3.01. The Morgan fingerprint density at radius 2 is 2.29 bits per heavy atom. The van der Waals surface area contributed by atoms with Gasteiger partial charge in [-0.1, -0.05) is 0 Å². The van der Waals surface area contributed by atoms with E-state index in [0.717, 1.165) is 5.69 Å². The van der Waals surface area contributed by atoms with Crippen LogP contribution in [0, 0.1) is 11.3 Å². The van der Waals surface area contributed by atoms with Crippen LogP contribution in [0.25, 0.3) is 0 Å². The smallest absolute Gasteiger partial charge is 0.347 e. The molecule has 1 aromatic carbocycles. The Morgan fingerprint density at radius 3 is 2.88 bits per heavy atom. The molecule has 0 aromatic heterocycles. The van der Waals surface area contributed by atoms with E-state index in [4.69, 9.17) is 15.1 Å². The van der Waals surface area contributed by atoms with Crippen LogP contribution < -0.4 is 9.64 Å². The molecule has 0 fully saturated rings. The molecule has 0 saturated heterocycles. The SMILES string of the molecule is CC1C(C(=O)O)Oc2ccc(C#N)cc2N1C. The fourth-order valence-corrected chi connectivity index (χ4v) is 1.88. The molecule has 0 radical (unpaired) electrons. The zero-order valence-corrected chi connectivity index (χ0v) is 9.54. The number of fused-ring (bicyclic) bond motifs is 1. The van der Waals surface area contributed by atoms with Gasteiger partial charge in [0.05, 0.1) is 23.4 Å². The van der Waals surface area contributed by atoms with Crippen LogP contribution in [0.15, 0.2) is 18.2 Å². The minimum atomic E-state index is -0.987. The predicted octanol–water partition coefficient (Wildman–Crippen LogP) is 1.23. The molecule has 0 amide bonds. The quantitative estimate of drug-likeness (QED) is 0.788. The Kier molecular flexibility index (Phi) is 2.64. The fraction of sp³-hybridized carbons (Fsp3) is 0.333. The van der Waals surface area contributed by atoms with E-state index in [0.29, 0.717) is 11.3 Å². The number of nitrogens with zero attached hydrogens (tertiary/aromatic N) is 2. The molecule has 88 valence electrons. The maximum Gasteiger partial charge on any atom is 0.347 e. The number of likely N-dealkylation sites (N-methyl/N-ethyl adjacent to an activating group) is 1. The predicted molar refractivity (Wildman–Crippen MR) is 61.1 cm³/mol. The lowest BCUT2D eigenvalue weighted by molar-refractivity contribution is -0.146. The largest absolute Gasteiger partial charge is 0.478 e. The van der Waals surface area contributed by atoms with Gasteiger partial charge in [0, 0.05) is 7.05 Å². The van der Waals surface area contributed by atoms with Gasteiger partial charge in [0.25, 0.3) is 0 Å². The summed E-state index contributed by atoms with van der Waals surface area (Å²) in [5.74, 6) is -0.489. The molecule has 0 bridgehead atoms. The highest BCUT2D eigenvalue weighted by molar-refractivity contribution is 5.77. The van der Waals surface area contributed by atoms with E-state index >= 15 is 0 Å². The van der Waals surface area contributed by atoms with E-state index in [2.05, 4.69) is 0 Å². The Bertz CT molecular complexity index is 507. The van der Waals surface area contributed by atoms with Crippen molar-refractivity contribution >= 4 is 11.7 Å². The number of anilines is 1. The molecule has 5 nitrogen and oxygen atoms in total. The van der Waals surface area contributed by atoms with Crippen LogP contribution in [0.5, 0.6) is 5.75 Å². The molecule has 0 saturated carbocycles. The molecule has 0 aliphatic carbocycles. The summed E-state index contributed by atoms with van der Waals surface area (Å²) < 4.78 is 5.42. The Balaban J connectivity index is 2.46. The summed E-state index contributed by atoms with van der Waals surface area (Å²) in [7, 11) is 1.79. The topological polar surface area (TPSA) is 73.6 Å². The van der Waals surface area contributed by atoms with Crippen LogP contribution in [0.2, 0.25) is 0 Å². The van der Waals surface area contributed by atoms with Crippen molar-refractivity contribution in [1.82, 2.24) is 0 Å². The standard InChI is InChI=1S/C12H12N2O3/c1-7-11(12(15)16)17-10-4-3-8(6-13)5-9(10)14(7)2/h3-5,7,11H,1-2H3,(H,15,16). The first-order chi connectivity index (χ1) is 8.04. The first-order valence-electron chi connectivity index (χ1n) is 5.21. The van der Waals surface area contributed by atoms with Crippen LogP contribution in [0.1, 0.15) is 12.5 Å². The van der Waals surface area contributed by atoms with Crippen molar-refractivity contribution in [2.24, 2.45) is 0 Å². The second-order valence-corrected chi connectivity index (χ2v) is 4.02. The van der Waals surface area contributed by atoms with E-state index in [9.17, 15) is 4.79 Å². The third kappa shape index (κ3) is 1.78. The summed E-state index contributed by atoms with van der Waals surface area (Å²) in [5.41, 5.74) is 1.27. The van der Waals surface area contributed by atoms with Crippen molar-refractivity contribution in [3.63, 3.8) is 0 Å². The van der Waals surface area contributed by atoms with Crippen LogP contribution >= 0.6 is 0 Å². The van der Waals surface area contributed by atoms with Crippen molar-refractivity contribution in [1.29, 1.82) is 5.26 Å². The molecule has 2 unspecified atom stereocenters. The van der Waals surface area contributed by atoms with Crippen LogP contribution in [-0.2, 0) is 4.79 Å². The summed E-state index contributed by atoms with van der Waals surface area (Å²) >= 11 is 0. The summed E-state index contributed by atoms with van der Waals surface area (Å²) in [4.78, 5) is 12.9. The number of nitriles is 1. The Morgan fingerprint density at radius 1 is 1.59 bits per heavy atom. The number of hydrogen-bond donors (Lipinski definition) is 1. The van der Waals surface area contributed by atoms with Crippen molar-refractivity contribution in [3.05, 3.63) is 23.8 Å². The zero-order valence-electron chi connectivity index (χ0n) is 9.54.